The molecule has 0 aliphatic heterocycles. The predicted molar refractivity (Wildman–Crippen MR) is 101 cm³/mol. The molecule has 0 aliphatic carbocycles. The molecule has 2 rings (SSSR count). The number of sulfonamides is 1. The van der Waals surface area contributed by atoms with Gasteiger partial charge >= 0.3 is 12.1 Å². The largest absolute Gasteiger partial charge is 0.481 e. The third-order valence-corrected chi connectivity index (χ3v) is 6.10. The Morgan fingerprint density at radius 3 is 2.40 bits per heavy atom. The number of halogens is 4. The van der Waals surface area contributed by atoms with Crippen LogP contribution < -0.4 is 4.31 Å². The Kier molecular flexibility index (Phi) is 6.93. The van der Waals surface area contributed by atoms with Gasteiger partial charge in [0.05, 0.1) is 21.2 Å². The fourth-order valence-corrected chi connectivity index (χ4v) is 4.51. The van der Waals surface area contributed by atoms with E-state index in [1.165, 1.54) is 12.1 Å². The van der Waals surface area contributed by atoms with Crippen molar-refractivity contribution in [2.24, 2.45) is 0 Å². The SMILES string of the molecule is O=C(O)CCCN(c1cc(C(F)(F)F)ccc1Cl)S(=O)(=O)c1ccccc1[N+](=O)[O-]. The molecule has 0 saturated carbocycles. The number of nitrogens with zero attached hydrogens (tertiary/aromatic N) is 2. The zero-order valence-electron chi connectivity index (χ0n) is 15.0. The summed E-state index contributed by atoms with van der Waals surface area (Å²) in [5.41, 5.74) is -2.55. The second-order valence-corrected chi connectivity index (χ2v) is 8.20. The molecule has 2 aromatic rings. The number of hydrogen-bond acceptors (Lipinski definition) is 5. The Morgan fingerprint density at radius 2 is 1.83 bits per heavy atom. The molecule has 0 unspecified atom stereocenters. The van der Waals surface area contributed by atoms with E-state index in [0.717, 1.165) is 18.2 Å². The van der Waals surface area contributed by atoms with Crippen molar-refractivity contribution in [3.63, 3.8) is 0 Å². The topological polar surface area (TPSA) is 118 Å². The first kappa shape index (κ1) is 23.4. The molecular weight excluding hydrogens is 453 g/mol. The summed E-state index contributed by atoms with van der Waals surface area (Å²) in [6.07, 6.45) is -5.57. The van der Waals surface area contributed by atoms with E-state index in [1.54, 1.807) is 0 Å². The van der Waals surface area contributed by atoms with Crippen LogP contribution in [-0.4, -0.2) is 31.0 Å². The maximum atomic E-state index is 13.2. The Bertz CT molecular complexity index is 1080. The molecule has 2 aromatic carbocycles. The van der Waals surface area contributed by atoms with Crippen molar-refractivity contribution in [1.29, 1.82) is 0 Å². The van der Waals surface area contributed by atoms with Gasteiger partial charge in [0.2, 0.25) is 0 Å². The minimum Gasteiger partial charge on any atom is -0.481 e. The zero-order valence-corrected chi connectivity index (χ0v) is 16.5. The number of hydrogen-bond donors (Lipinski definition) is 1. The second kappa shape index (κ2) is 8.88. The standard InChI is InChI=1S/C17H14ClF3N2O6S/c18-12-8-7-11(17(19,20)21)10-14(12)22(9-3-6-16(24)25)30(28,29)15-5-2-1-4-13(15)23(26)27/h1-2,4-5,7-8,10H,3,6,9H2,(H,24,25). The fraction of sp³-hybridized carbons (Fsp3) is 0.235. The van der Waals surface area contributed by atoms with Gasteiger partial charge in [-0.3, -0.25) is 19.2 Å². The average molecular weight is 467 g/mol. The van der Waals surface area contributed by atoms with E-state index < -0.39 is 61.9 Å². The molecule has 0 fully saturated rings. The second-order valence-electron chi connectivity index (χ2n) is 5.96. The summed E-state index contributed by atoms with van der Waals surface area (Å²) in [5, 5.41) is 19.7. The van der Waals surface area contributed by atoms with Crippen molar-refractivity contribution < 1.29 is 36.4 Å². The summed E-state index contributed by atoms with van der Waals surface area (Å²) < 4.78 is 66.2. The molecule has 0 amide bonds. The highest BCUT2D eigenvalue weighted by Gasteiger charge is 2.36. The molecule has 8 nitrogen and oxygen atoms in total. The molecule has 0 radical (unpaired) electrons. The normalized spacial score (nSPS) is 11.9. The highest BCUT2D eigenvalue weighted by molar-refractivity contribution is 7.93. The zero-order chi connectivity index (χ0) is 22.7. The van der Waals surface area contributed by atoms with Crippen LogP contribution in [0, 0.1) is 10.1 Å². The van der Waals surface area contributed by atoms with Crippen LogP contribution in [0.25, 0.3) is 0 Å². The van der Waals surface area contributed by atoms with Gasteiger partial charge in [0.1, 0.15) is 0 Å². The van der Waals surface area contributed by atoms with Gasteiger partial charge in [-0.05, 0) is 30.7 Å². The molecule has 1 N–H and O–H groups in total. The van der Waals surface area contributed by atoms with Crippen molar-refractivity contribution in [2.75, 3.05) is 10.8 Å². The Balaban J connectivity index is 2.67. The summed E-state index contributed by atoms with van der Waals surface area (Å²) in [6, 6.07) is 6.29. The summed E-state index contributed by atoms with van der Waals surface area (Å²) in [4.78, 5) is 20.3. The molecule has 0 heterocycles. The van der Waals surface area contributed by atoms with E-state index in [4.69, 9.17) is 16.7 Å². The lowest BCUT2D eigenvalue weighted by atomic mass is 10.2. The van der Waals surface area contributed by atoms with Crippen molar-refractivity contribution in [2.45, 2.75) is 23.9 Å². The van der Waals surface area contributed by atoms with Crippen LogP contribution in [0.2, 0.25) is 5.02 Å². The van der Waals surface area contributed by atoms with Gasteiger partial charge in [0.25, 0.3) is 15.7 Å². The van der Waals surface area contributed by atoms with Gasteiger partial charge in [-0.15, -0.1) is 0 Å². The quantitative estimate of drug-likeness (QED) is 0.457. The Hall–Kier alpha value is -2.86. The maximum Gasteiger partial charge on any atom is 0.416 e. The van der Waals surface area contributed by atoms with Crippen molar-refractivity contribution in [3.05, 3.63) is 63.2 Å². The van der Waals surface area contributed by atoms with Crippen LogP contribution in [0.3, 0.4) is 0 Å². The average Bonchev–Trinajstić information content (AvgIpc) is 2.64. The van der Waals surface area contributed by atoms with E-state index >= 15 is 0 Å². The number of carboxylic acids is 1. The molecule has 0 atom stereocenters. The molecule has 13 heteroatoms. The predicted octanol–water partition coefficient (Wildman–Crippen LogP) is 4.33. The Labute approximate surface area is 173 Å². The van der Waals surface area contributed by atoms with Crippen LogP contribution in [0.4, 0.5) is 24.5 Å². The first-order valence-electron chi connectivity index (χ1n) is 8.20. The number of rotatable bonds is 8. The van der Waals surface area contributed by atoms with E-state index in [1.807, 2.05) is 0 Å². The van der Waals surface area contributed by atoms with Crippen LogP contribution in [0.5, 0.6) is 0 Å². The molecule has 0 spiro atoms. The summed E-state index contributed by atoms with van der Waals surface area (Å²) in [7, 11) is -4.77. The number of para-hydroxylation sites is 1. The molecular formula is C17H14ClF3N2O6S. The number of anilines is 1. The summed E-state index contributed by atoms with van der Waals surface area (Å²) in [5.74, 6) is -1.26. The lowest BCUT2D eigenvalue weighted by molar-refractivity contribution is -0.387. The number of aliphatic carboxylic acids is 1. The lowest BCUT2D eigenvalue weighted by Crippen LogP contribution is -2.33. The number of carboxylic acid groups (broad SMARTS) is 1. The molecule has 0 bridgehead atoms. The van der Waals surface area contributed by atoms with Crippen LogP contribution in [-0.2, 0) is 21.0 Å². The van der Waals surface area contributed by atoms with Gasteiger partial charge < -0.3 is 5.11 Å². The van der Waals surface area contributed by atoms with Crippen LogP contribution >= 0.6 is 11.6 Å². The van der Waals surface area contributed by atoms with Crippen molar-refractivity contribution in [1.82, 2.24) is 0 Å². The van der Waals surface area contributed by atoms with Gasteiger partial charge in [-0.25, -0.2) is 8.42 Å². The summed E-state index contributed by atoms with van der Waals surface area (Å²) >= 11 is 5.95. The van der Waals surface area contributed by atoms with Gasteiger partial charge in [-0.1, -0.05) is 23.7 Å². The summed E-state index contributed by atoms with van der Waals surface area (Å²) in [6.45, 7) is -0.568. The van der Waals surface area contributed by atoms with Gasteiger partial charge in [0.15, 0.2) is 4.90 Å². The van der Waals surface area contributed by atoms with Gasteiger partial charge in [-0.2, -0.15) is 13.2 Å². The van der Waals surface area contributed by atoms with Crippen molar-refractivity contribution in [3.8, 4) is 0 Å². The monoisotopic (exact) mass is 466 g/mol. The third-order valence-electron chi connectivity index (χ3n) is 3.92. The first-order chi connectivity index (χ1) is 13.9. The van der Waals surface area contributed by atoms with Gasteiger partial charge in [0, 0.05) is 19.0 Å². The number of benzene rings is 2. The van der Waals surface area contributed by atoms with Crippen LogP contribution in [0.15, 0.2) is 47.4 Å². The molecule has 30 heavy (non-hydrogen) atoms. The number of nitro benzene ring substituents is 1. The lowest BCUT2D eigenvalue weighted by Gasteiger charge is -2.26. The smallest absolute Gasteiger partial charge is 0.416 e. The number of carbonyl (C=O) groups is 1. The third kappa shape index (κ3) is 5.19. The first-order valence-corrected chi connectivity index (χ1v) is 10.0. The molecule has 0 aromatic heterocycles. The van der Waals surface area contributed by atoms with E-state index in [9.17, 15) is 36.5 Å². The number of alkyl halides is 3. The Morgan fingerprint density at radius 1 is 1.20 bits per heavy atom. The minimum absolute atomic E-state index is 0.276. The van der Waals surface area contributed by atoms with E-state index in [2.05, 4.69) is 0 Å². The van der Waals surface area contributed by atoms with Crippen molar-refractivity contribution >= 4 is 39.0 Å². The fourth-order valence-electron chi connectivity index (χ4n) is 2.57. The highest BCUT2D eigenvalue weighted by Crippen LogP contribution is 2.38. The maximum absolute atomic E-state index is 13.2. The molecule has 162 valence electrons. The highest BCUT2D eigenvalue weighted by atomic mass is 35.5. The molecule has 0 aliphatic rings. The van der Waals surface area contributed by atoms with E-state index in [-0.39, 0.29) is 11.4 Å². The van der Waals surface area contributed by atoms with Crippen LogP contribution in [0.1, 0.15) is 18.4 Å². The molecule has 0 saturated heterocycles. The number of nitro groups is 1. The minimum atomic E-state index is -4.81. The van der Waals surface area contributed by atoms with E-state index in [0.29, 0.717) is 16.4 Å².